The van der Waals surface area contributed by atoms with Crippen molar-refractivity contribution in [1.82, 2.24) is 0 Å². The van der Waals surface area contributed by atoms with Crippen LogP contribution in [0.3, 0.4) is 0 Å². The monoisotopic (exact) mass is 442 g/mol. The molecule has 148 valence electrons. The zero-order valence-corrected chi connectivity index (χ0v) is 18.4. The first kappa shape index (κ1) is 21.4. The summed E-state index contributed by atoms with van der Waals surface area (Å²) in [5, 5.41) is 7.04. The van der Waals surface area contributed by atoms with E-state index in [1.165, 1.54) is 11.9 Å². The number of hydrogen-bond acceptors (Lipinski definition) is 3. The summed E-state index contributed by atoms with van der Waals surface area (Å²) in [6, 6.07) is 21.1. The molecule has 0 unspecified atom stereocenters. The van der Waals surface area contributed by atoms with E-state index in [4.69, 9.17) is 23.2 Å². The molecule has 0 saturated carbocycles. The van der Waals surface area contributed by atoms with Gasteiger partial charge in [0.05, 0.1) is 16.9 Å². The van der Waals surface area contributed by atoms with Crippen LogP contribution in [-0.4, -0.2) is 12.1 Å². The molecule has 0 aliphatic rings. The van der Waals surface area contributed by atoms with Crippen LogP contribution in [0.1, 0.15) is 23.6 Å². The highest BCUT2D eigenvalue weighted by Crippen LogP contribution is 2.36. The molecule has 0 heterocycles. The first-order chi connectivity index (χ1) is 13.9. The number of carbonyl (C=O) groups excluding carboxylic acids is 1. The van der Waals surface area contributed by atoms with Gasteiger partial charge in [-0.1, -0.05) is 65.7 Å². The Labute approximate surface area is 185 Å². The van der Waals surface area contributed by atoms with Gasteiger partial charge in [0, 0.05) is 22.6 Å². The molecule has 0 atom stereocenters. The molecule has 3 rings (SSSR count). The molecule has 0 spiro atoms. The number of benzene rings is 3. The van der Waals surface area contributed by atoms with Crippen LogP contribution in [0.25, 0.3) is 0 Å². The van der Waals surface area contributed by atoms with Crippen molar-refractivity contribution in [1.29, 1.82) is 0 Å². The van der Waals surface area contributed by atoms with E-state index in [2.05, 4.69) is 5.10 Å². The van der Waals surface area contributed by atoms with Crippen molar-refractivity contribution in [3.05, 3.63) is 93.5 Å². The van der Waals surface area contributed by atoms with Crippen LogP contribution in [0.5, 0.6) is 0 Å². The fraction of sp³-hybridized carbons (Fsp3) is 0.130. The third-order valence-corrected chi connectivity index (χ3v) is 6.15. The second-order valence-electron chi connectivity index (χ2n) is 6.47. The van der Waals surface area contributed by atoms with E-state index in [1.807, 2.05) is 67.6 Å². The second kappa shape index (κ2) is 9.97. The summed E-state index contributed by atoms with van der Waals surface area (Å²) >= 11 is 14.2. The lowest BCUT2D eigenvalue weighted by molar-refractivity contribution is -0.116. The normalized spacial score (nSPS) is 11.0. The van der Waals surface area contributed by atoms with Crippen LogP contribution in [-0.2, 0) is 10.5 Å². The Hall–Kier alpha value is -2.27. The fourth-order valence-electron chi connectivity index (χ4n) is 2.75. The summed E-state index contributed by atoms with van der Waals surface area (Å²) in [5.74, 6) is 0.592. The minimum absolute atomic E-state index is 0.186. The van der Waals surface area contributed by atoms with Crippen molar-refractivity contribution in [2.45, 2.75) is 24.5 Å². The summed E-state index contributed by atoms with van der Waals surface area (Å²) in [7, 11) is 0. The van der Waals surface area contributed by atoms with Gasteiger partial charge in [0.2, 0.25) is 5.91 Å². The minimum Gasteiger partial charge on any atom is -0.273 e. The standard InChI is InChI=1S/C23H20Cl2N2OS/c1-16-12-21(27(17(2)28)26-14-18-6-4-3-5-7-18)13-22(25)23(16)29-15-19-8-10-20(24)11-9-19/h3-14H,15H2,1-2H3/b26-14+. The predicted octanol–water partition coefficient (Wildman–Crippen LogP) is 6.98. The van der Waals surface area contributed by atoms with Crippen molar-refractivity contribution in [3.63, 3.8) is 0 Å². The first-order valence-corrected chi connectivity index (χ1v) is 10.8. The highest BCUT2D eigenvalue weighted by molar-refractivity contribution is 7.98. The number of aryl methyl sites for hydroxylation is 1. The van der Waals surface area contributed by atoms with E-state index in [0.717, 1.165) is 32.4 Å². The van der Waals surface area contributed by atoms with Gasteiger partial charge in [0.25, 0.3) is 0 Å². The molecule has 6 heteroatoms. The van der Waals surface area contributed by atoms with Gasteiger partial charge >= 0.3 is 0 Å². The van der Waals surface area contributed by atoms with Crippen LogP contribution >= 0.6 is 35.0 Å². The molecule has 0 aromatic heterocycles. The maximum atomic E-state index is 12.2. The number of thioether (sulfide) groups is 1. The van der Waals surface area contributed by atoms with Crippen LogP contribution in [0, 0.1) is 6.92 Å². The molecule has 3 nitrogen and oxygen atoms in total. The zero-order chi connectivity index (χ0) is 20.8. The van der Waals surface area contributed by atoms with Crippen molar-refractivity contribution in [2.75, 3.05) is 5.01 Å². The Bertz CT molecular complexity index is 998. The number of amides is 1. The summed E-state index contributed by atoms with van der Waals surface area (Å²) < 4.78 is 0. The maximum Gasteiger partial charge on any atom is 0.244 e. The van der Waals surface area contributed by atoms with E-state index in [1.54, 1.807) is 24.0 Å². The largest absolute Gasteiger partial charge is 0.273 e. The molecule has 0 radical (unpaired) electrons. The van der Waals surface area contributed by atoms with Gasteiger partial charge in [0.15, 0.2) is 0 Å². The molecule has 0 saturated heterocycles. The Kier molecular flexibility index (Phi) is 7.37. The molecule has 0 aliphatic heterocycles. The number of anilines is 1. The van der Waals surface area contributed by atoms with Gasteiger partial charge in [0.1, 0.15) is 0 Å². The highest BCUT2D eigenvalue weighted by Gasteiger charge is 2.15. The molecule has 0 N–H and O–H groups in total. The molecule has 0 aliphatic carbocycles. The summed E-state index contributed by atoms with van der Waals surface area (Å²) in [6.45, 7) is 3.47. The lowest BCUT2D eigenvalue weighted by Crippen LogP contribution is -2.22. The van der Waals surface area contributed by atoms with E-state index >= 15 is 0 Å². The average Bonchev–Trinajstić information content (AvgIpc) is 2.69. The van der Waals surface area contributed by atoms with Gasteiger partial charge in [-0.25, -0.2) is 5.01 Å². The Morgan fingerprint density at radius 3 is 2.38 bits per heavy atom. The smallest absolute Gasteiger partial charge is 0.244 e. The lowest BCUT2D eigenvalue weighted by Gasteiger charge is -2.18. The zero-order valence-electron chi connectivity index (χ0n) is 16.1. The topological polar surface area (TPSA) is 32.7 Å². The number of rotatable bonds is 6. The lowest BCUT2D eigenvalue weighted by atomic mass is 10.2. The van der Waals surface area contributed by atoms with Crippen LogP contribution in [0.2, 0.25) is 10.0 Å². The van der Waals surface area contributed by atoms with Crippen LogP contribution < -0.4 is 5.01 Å². The fourth-order valence-corrected chi connectivity index (χ4v) is 4.28. The molecule has 3 aromatic carbocycles. The van der Waals surface area contributed by atoms with Gasteiger partial charge < -0.3 is 0 Å². The first-order valence-electron chi connectivity index (χ1n) is 9.01. The van der Waals surface area contributed by atoms with Gasteiger partial charge in [-0.3, -0.25) is 4.79 Å². The van der Waals surface area contributed by atoms with Crippen molar-refractivity contribution < 1.29 is 4.79 Å². The van der Waals surface area contributed by atoms with Crippen molar-refractivity contribution in [3.8, 4) is 0 Å². The third kappa shape index (κ3) is 5.86. The van der Waals surface area contributed by atoms with Crippen LogP contribution in [0.4, 0.5) is 5.69 Å². The molecule has 29 heavy (non-hydrogen) atoms. The minimum atomic E-state index is -0.186. The highest BCUT2D eigenvalue weighted by atomic mass is 35.5. The number of halogens is 2. The third-order valence-electron chi connectivity index (χ3n) is 4.18. The second-order valence-corrected chi connectivity index (χ2v) is 8.30. The molecular formula is C23H20Cl2N2OS. The predicted molar refractivity (Wildman–Crippen MR) is 124 cm³/mol. The van der Waals surface area contributed by atoms with Gasteiger partial charge in [-0.2, -0.15) is 5.10 Å². The summed E-state index contributed by atoms with van der Waals surface area (Å²) in [6.07, 6.45) is 1.66. The molecule has 0 bridgehead atoms. The molecule has 0 fully saturated rings. The number of hydrogen-bond donors (Lipinski definition) is 0. The quantitative estimate of drug-likeness (QED) is 0.234. The average molecular weight is 443 g/mol. The van der Waals surface area contributed by atoms with E-state index in [9.17, 15) is 4.79 Å². The van der Waals surface area contributed by atoms with E-state index < -0.39 is 0 Å². The molecule has 1 amide bonds. The number of hydrazone groups is 1. The van der Waals surface area contributed by atoms with Gasteiger partial charge in [-0.05, 0) is 47.9 Å². The number of carbonyl (C=O) groups is 1. The summed E-state index contributed by atoms with van der Waals surface area (Å²) in [4.78, 5) is 13.2. The van der Waals surface area contributed by atoms with E-state index in [0.29, 0.717) is 10.7 Å². The SMILES string of the molecule is CC(=O)N(/N=C/c1ccccc1)c1cc(C)c(SCc2ccc(Cl)cc2)c(Cl)c1. The number of nitrogens with zero attached hydrogens (tertiary/aromatic N) is 2. The van der Waals surface area contributed by atoms with Crippen molar-refractivity contribution >= 4 is 52.8 Å². The van der Waals surface area contributed by atoms with Gasteiger partial charge in [-0.15, -0.1) is 11.8 Å². The Morgan fingerprint density at radius 2 is 1.76 bits per heavy atom. The molecular weight excluding hydrogens is 423 g/mol. The summed E-state index contributed by atoms with van der Waals surface area (Å²) in [5.41, 5.74) is 3.71. The van der Waals surface area contributed by atoms with E-state index in [-0.39, 0.29) is 5.91 Å². The van der Waals surface area contributed by atoms with Crippen molar-refractivity contribution in [2.24, 2.45) is 5.10 Å². The Balaban J connectivity index is 1.81. The Morgan fingerprint density at radius 1 is 1.07 bits per heavy atom. The maximum absolute atomic E-state index is 12.2. The van der Waals surface area contributed by atoms with Crippen LogP contribution in [0.15, 0.2) is 76.7 Å². The molecule has 3 aromatic rings.